The molecule has 0 aliphatic heterocycles. The number of imidazole rings is 1. The van der Waals surface area contributed by atoms with Crippen LogP contribution in [0.5, 0.6) is 0 Å². The summed E-state index contributed by atoms with van der Waals surface area (Å²) in [4.78, 5) is 4.94. The third kappa shape index (κ3) is 2.16. The van der Waals surface area contributed by atoms with Gasteiger partial charge in [-0.2, -0.15) is 10.5 Å². The van der Waals surface area contributed by atoms with Crippen LogP contribution in [0.3, 0.4) is 0 Å². The van der Waals surface area contributed by atoms with E-state index in [0.717, 1.165) is 8.66 Å². The van der Waals surface area contributed by atoms with E-state index in [4.69, 9.17) is 16.3 Å². The van der Waals surface area contributed by atoms with Gasteiger partial charge >= 0.3 is 0 Å². The molecule has 5 nitrogen and oxygen atoms in total. The molecule has 0 spiro atoms. The lowest BCUT2D eigenvalue weighted by molar-refractivity contribution is 0.598. The third-order valence-corrected chi connectivity index (χ3v) is 4.21. The molecule has 2 aromatic rings. The number of nitrogens with two attached hydrogens (primary N) is 1. The van der Waals surface area contributed by atoms with Crippen LogP contribution in [-0.2, 0) is 0 Å². The predicted molar refractivity (Wildman–Crippen MR) is 70.9 cm³/mol. The summed E-state index contributed by atoms with van der Waals surface area (Å²) < 4.78 is 2.65. The van der Waals surface area contributed by atoms with Gasteiger partial charge < -0.3 is 10.3 Å². The molecule has 1 unspecified atom stereocenters. The zero-order valence-corrected chi connectivity index (χ0v) is 11.6. The van der Waals surface area contributed by atoms with E-state index in [1.807, 2.05) is 24.3 Å². The Morgan fingerprint density at radius 3 is 2.72 bits per heavy atom. The fraction of sp³-hybridized carbons (Fsp3) is 0.182. The maximum atomic E-state index is 9.11. The monoisotopic (exact) mass is 321 g/mol. The maximum Gasteiger partial charge on any atom is 0.176 e. The van der Waals surface area contributed by atoms with E-state index < -0.39 is 0 Å². The lowest BCUT2D eigenvalue weighted by Gasteiger charge is -2.15. The molecule has 2 aromatic heterocycles. The molecular weight excluding hydrogens is 314 g/mol. The molecule has 2 heterocycles. The smallest absolute Gasteiger partial charge is 0.176 e. The van der Waals surface area contributed by atoms with E-state index in [1.54, 1.807) is 15.9 Å². The quantitative estimate of drug-likeness (QED) is 0.935. The number of hydrogen-bond acceptors (Lipinski definition) is 5. The number of nitrogens with zero attached hydrogens (tertiary/aromatic N) is 4. The highest BCUT2D eigenvalue weighted by atomic mass is 79.9. The van der Waals surface area contributed by atoms with E-state index in [2.05, 4.69) is 20.9 Å². The average Bonchev–Trinajstić information content (AvgIpc) is 2.97. The normalized spacial score (nSPS) is 11.8. The minimum absolute atomic E-state index is 0.131. The number of thiophene rings is 1. The lowest BCUT2D eigenvalue weighted by atomic mass is 10.2. The van der Waals surface area contributed by atoms with Crippen LogP contribution in [0, 0.1) is 22.7 Å². The summed E-state index contributed by atoms with van der Waals surface area (Å²) in [6.45, 7) is 0.336. The summed E-state index contributed by atoms with van der Waals surface area (Å²) in [6.07, 6.45) is 1.49. The van der Waals surface area contributed by atoms with Gasteiger partial charge in [-0.05, 0) is 28.1 Å². The molecule has 0 aliphatic carbocycles. The van der Waals surface area contributed by atoms with E-state index >= 15 is 0 Å². The van der Waals surface area contributed by atoms with Crippen LogP contribution >= 0.6 is 27.3 Å². The number of aromatic nitrogens is 2. The predicted octanol–water partition coefficient (Wildman–Crippen LogP) is 2.00. The molecule has 0 aliphatic rings. The minimum Gasteiger partial charge on any atom is -0.328 e. The molecule has 0 radical (unpaired) electrons. The fourth-order valence-electron chi connectivity index (χ4n) is 1.66. The van der Waals surface area contributed by atoms with E-state index in [1.165, 1.54) is 6.33 Å². The van der Waals surface area contributed by atoms with Gasteiger partial charge in [0, 0.05) is 11.4 Å². The second-order valence-electron chi connectivity index (χ2n) is 3.47. The van der Waals surface area contributed by atoms with Gasteiger partial charge in [0.15, 0.2) is 11.4 Å². The Morgan fingerprint density at radius 2 is 2.22 bits per heavy atom. The van der Waals surface area contributed by atoms with Crippen molar-refractivity contribution in [3.8, 4) is 12.1 Å². The molecule has 90 valence electrons. The summed E-state index contributed by atoms with van der Waals surface area (Å²) in [6, 6.07) is 7.60. The van der Waals surface area contributed by atoms with E-state index in [9.17, 15) is 0 Å². The molecule has 2 rings (SSSR count). The SMILES string of the molecule is N#Cc1ncn(C(CN)c2ccc(Br)s2)c1C#N. The van der Waals surface area contributed by atoms with Gasteiger partial charge in [-0.1, -0.05) is 0 Å². The molecule has 0 fully saturated rings. The second kappa shape index (κ2) is 5.32. The van der Waals surface area contributed by atoms with Crippen molar-refractivity contribution in [1.82, 2.24) is 9.55 Å². The zero-order valence-electron chi connectivity index (χ0n) is 9.17. The molecule has 0 saturated carbocycles. The number of nitriles is 2. The molecule has 7 heteroatoms. The number of rotatable bonds is 3. The van der Waals surface area contributed by atoms with Crippen LogP contribution in [0.1, 0.15) is 22.3 Å². The highest BCUT2D eigenvalue weighted by Gasteiger charge is 2.20. The van der Waals surface area contributed by atoms with Gasteiger partial charge in [0.05, 0.1) is 16.2 Å². The molecule has 0 saturated heterocycles. The largest absolute Gasteiger partial charge is 0.328 e. The first-order chi connectivity index (χ1) is 8.71. The third-order valence-electron chi connectivity index (χ3n) is 2.49. The first-order valence-electron chi connectivity index (χ1n) is 5.03. The van der Waals surface area contributed by atoms with Gasteiger partial charge in [0.1, 0.15) is 12.1 Å². The van der Waals surface area contributed by atoms with Gasteiger partial charge in [-0.3, -0.25) is 0 Å². The van der Waals surface area contributed by atoms with E-state index in [-0.39, 0.29) is 17.4 Å². The Hall–Kier alpha value is -1.67. The standard InChI is InChI=1S/C11H8BrN5S/c12-11-2-1-10(18-11)9(5-15)17-6-16-7(3-13)8(17)4-14/h1-2,6,9H,5,15H2. The molecule has 0 amide bonds. The summed E-state index contributed by atoms with van der Waals surface area (Å²) in [5, 5.41) is 18.0. The Balaban J connectivity index is 2.50. The Labute approximate surface area is 116 Å². The Bertz CT molecular complexity index is 645. The highest BCUT2D eigenvalue weighted by molar-refractivity contribution is 9.11. The highest BCUT2D eigenvalue weighted by Crippen LogP contribution is 2.30. The number of hydrogen-bond donors (Lipinski definition) is 1. The fourth-order valence-corrected chi connectivity index (χ4v) is 3.20. The summed E-state index contributed by atoms with van der Waals surface area (Å²) in [5.74, 6) is 0. The molecule has 0 aromatic carbocycles. The topological polar surface area (TPSA) is 91.4 Å². The second-order valence-corrected chi connectivity index (χ2v) is 5.96. The van der Waals surface area contributed by atoms with Crippen molar-refractivity contribution in [2.24, 2.45) is 5.73 Å². The minimum atomic E-state index is -0.175. The van der Waals surface area contributed by atoms with Crippen molar-refractivity contribution in [3.63, 3.8) is 0 Å². The maximum absolute atomic E-state index is 9.11. The van der Waals surface area contributed by atoms with Crippen molar-refractivity contribution in [2.75, 3.05) is 6.54 Å². The van der Waals surface area contributed by atoms with Crippen LogP contribution < -0.4 is 5.73 Å². The number of halogens is 1. The summed E-state index contributed by atoms with van der Waals surface area (Å²) in [7, 11) is 0. The van der Waals surface area contributed by atoms with Crippen LogP contribution in [0.2, 0.25) is 0 Å². The molecule has 18 heavy (non-hydrogen) atoms. The average molecular weight is 322 g/mol. The molecular formula is C11H8BrN5S. The molecule has 1 atom stereocenters. The first kappa shape index (κ1) is 12.8. The van der Waals surface area contributed by atoms with Crippen molar-refractivity contribution in [1.29, 1.82) is 10.5 Å². The van der Waals surface area contributed by atoms with Crippen molar-refractivity contribution in [3.05, 3.63) is 38.5 Å². The summed E-state index contributed by atoms with van der Waals surface area (Å²) in [5.41, 5.74) is 6.15. The van der Waals surface area contributed by atoms with Crippen molar-refractivity contribution < 1.29 is 0 Å². The first-order valence-corrected chi connectivity index (χ1v) is 6.64. The molecule has 0 bridgehead atoms. The van der Waals surface area contributed by atoms with Crippen LogP contribution in [0.4, 0.5) is 0 Å². The van der Waals surface area contributed by atoms with Gasteiger partial charge in [0.2, 0.25) is 0 Å². The van der Waals surface area contributed by atoms with Crippen molar-refractivity contribution in [2.45, 2.75) is 6.04 Å². The van der Waals surface area contributed by atoms with Gasteiger partial charge in [0.25, 0.3) is 0 Å². The van der Waals surface area contributed by atoms with E-state index in [0.29, 0.717) is 6.54 Å². The lowest BCUT2D eigenvalue weighted by Crippen LogP contribution is -2.20. The molecule has 2 N–H and O–H groups in total. The van der Waals surface area contributed by atoms with Crippen LogP contribution in [-0.4, -0.2) is 16.1 Å². The zero-order chi connectivity index (χ0) is 13.1. The van der Waals surface area contributed by atoms with Gasteiger partial charge in [-0.25, -0.2) is 4.98 Å². The van der Waals surface area contributed by atoms with Gasteiger partial charge in [-0.15, -0.1) is 11.3 Å². The van der Waals surface area contributed by atoms with Crippen LogP contribution in [0.25, 0.3) is 0 Å². The summed E-state index contributed by atoms with van der Waals surface area (Å²) >= 11 is 4.94. The van der Waals surface area contributed by atoms with Crippen molar-refractivity contribution >= 4 is 27.3 Å². The Kier molecular flexibility index (Phi) is 3.78. The van der Waals surface area contributed by atoms with Crippen LogP contribution in [0.15, 0.2) is 22.2 Å². The Morgan fingerprint density at radius 1 is 1.44 bits per heavy atom.